The molecular formula is C9H20N2Si. The van der Waals surface area contributed by atoms with Crippen LogP contribution in [0.25, 0.3) is 0 Å². The molecule has 0 aromatic heterocycles. The highest BCUT2D eigenvalue weighted by molar-refractivity contribution is 6.43. The Kier molecular flexibility index (Phi) is 8.88. The van der Waals surface area contributed by atoms with Crippen molar-refractivity contribution in [1.29, 1.82) is 0 Å². The minimum Gasteiger partial charge on any atom is -0.305 e. The molecule has 0 aliphatic carbocycles. The zero-order valence-corrected chi connectivity index (χ0v) is 9.19. The summed E-state index contributed by atoms with van der Waals surface area (Å²) >= 11 is 0. The lowest BCUT2D eigenvalue weighted by atomic mass is 10.5. The van der Waals surface area contributed by atoms with Gasteiger partial charge in [0.25, 0.3) is 0 Å². The lowest BCUT2D eigenvalue weighted by molar-refractivity contribution is 0.527. The van der Waals surface area contributed by atoms with Crippen LogP contribution in [-0.2, 0) is 0 Å². The van der Waals surface area contributed by atoms with Crippen molar-refractivity contribution in [2.24, 2.45) is 0 Å². The highest BCUT2D eigenvalue weighted by Crippen LogP contribution is 1.80. The smallest absolute Gasteiger partial charge is 0.112 e. The molecule has 2 N–H and O–H groups in total. The first-order chi connectivity index (χ1) is 5.85. The third kappa shape index (κ3) is 6.58. The molecule has 0 rings (SSSR count). The summed E-state index contributed by atoms with van der Waals surface area (Å²) in [7, 11) is 0.767. The summed E-state index contributed by atoms with van der Waals surface area (Å²) in [5, 5.41) is 6.87. The quantitative estimate of drug-likeness (QED) is 0.436. The number of hydrogen-bond donors (Lipinski definition) is 2. The van der Waals surface area contributed by atoms with Crippen LogP contribution in [0, 0.1) is 0 Å². The van der Waals surface area contributed by atoms with Crippen molar-refractivity contribution >= 4 is 9.52 Å². The molecule has 12 heavy (non-hydrogen) atoms. The van der Waals surface area contributed by atoms with Gasteiger partial charge in [-0.25, -0.2) is 0 Å². The first-order valence-electron chi connectivity index (χ1n) is 4.68. The van der Waals surface area contributed by atoms with E-state index in [2.05, 4.69) is 31.1 Å². The average molecular weight is 184 g/mol. The van der Waals surface area contributed by atoms with Crippen LogP contribution >= 0.6 is 0 Å². The van der Waals surface area contributed by atoms with Gasteiger partial charge in [-0.3, -0.25) is 0 Å². The fraction of sp³-hybridized carbons (Fsp3) is 0.778. The highest BCUT2D eigenvalue weighted by Gasteiger charge is 2.02. The summed E-state index contributed by atoms with van der Waals surface area (Å²) in [6, 6.07) is 0. The van der Waals surface area contributed by atoms with E-state index < -0.39 is 0 Å². The summed E-state index contributed by atoms with van der Waals surface area (Å²) in [6.07, 6.45) is 2.37. The summed E-state index contributed by atoms with van der Waals surface area (Å²) < 4.78 is 0. The molecule has 0 saturated carbocycles. The van der Waals surface area contributed by atoms with E-state index in [0.29, 0.717) is 5.79 Å². The molecule has 0 aromatic rings. The molecule has 0 spiro atoms. The molecule has 0 amide bonds. The molecule has 0 atom stereocenters. The standard InChI is InChI=1S/C9H20N2Si/c1-4-7-10-9(12-6-3)11-8-5-2/h6,9-11H,3-5,7-8H2,1-2H3. The van der Waals surface area contributed by atoms with E-state index in [4.69, 9.17) is 0 Å². The Hall–Kier alpha value is -0.123. The van der Waals surface area contributed by atoms with Crippen LogP contribution in [0.4, 0.5) is 0 Å². The van der Waals surface area contributed by atoms with E-state index in [1.807, 2.05) is 5.70 Å². The van der Waals surface area contributed by atoms with Crippen molar-refractivity contribution in [2.75, 3.05) is 13.1 Å². The summed E-state index contributed by atoms with van der Waals surface area (Å²) in [6.45, 7) is 10.3. The molecule has 0 heterocycles. The number of nitrogens with one attached hydrogen (secondary N) is 2. The zero-order chi connectivity index (χ0) is 9.23. The van der Waals surface area contributed by atoms with Crippen molar-refractivity contribution in [3.05, 3.63) is 12.3 Å². The van der Waals surface area contributed by atoms with Crippen molar-refractivity contribution in [1.82, 2.24) is 10.6 Å². The lowest BCUT2D eigenvalue weighted by Gasteiger charge is -2.17. The predicted octanol–water partition coefficient (Wildman–Crippen LogP) is 1.12. The van der Waals surface area contributed by atoms with Crippen LogP contribution in [-0.4, -0.2) is 28.4 Å². The van der Waals surface area contributed by atoms with Gasteiger partial charge in [0.1, 0.15) is 9.52 Å². The molecule has 0 aromatic carbocycles. The predicted molar refractivity (Wildman–Crippen MR) is 56.3 cm³/mol. The average Bonchev–Trinajstić information content (AvgIpc) is 2.10. The molecule has 0 saturated heterocycles. The maximum absolute atomic E-state index is 3.75. The minimum atomic E-state index is 0.447. The van der Waals surface area contributed by atoms with Crippen LogP contribution in [0.5, 0.6) is 0 Å². The van der Waals surface area contributed by atoms with Gasteiger partial charge in [0.15, 0.2) is 0 Å². The lowest BCUT2D eigenvalue weighted by Crippen LogP contribution is -2.46. The van der Waals surface area contributed by atoms with Gasteiger partial charge in [-0.1, -0.05) is 13.8 Å². The van der Waals surface area contributed by atoms with Crippen molar-refractivity contribution in [2.45, 2.75) is 32.5 Å². The molecule has 2 radical (unpaired) electrons. The second kappa shape index (κ2) is 8.97. The van der Waals surface area contributed by atoms with Gasteiger partial charge < -0.3 is 10.6 Å². The van der Waals surface area contributed by atoms with Gasteiger partial charge >= 0.3 is 0 Å². The summed E-state index contributed by atoms with van der Waals surface area (Å²) in [4.78, 5) is 0. The molecule has 2 nitrogen and oxygen atoms in total. The fourth-order valence-electron chi connectivity index (χ4n) is 0.885. The van der Waals surface area contributed by atoms with Crippen LogP contribution in [0.2, 0.25) is 0 Å². The van der Waals surface area contributed by atoms with Crippen molar-refractivity contribution in [3.8, 4) is 0 Å². The molecule has 0 unspecified atom stereocenters. The number of hydrogen-bond acceptors (Lipinski definition) is 2. The van der Waals surface area contributed by atoms with Gasteiger partial charge in [0, 0.05) is 5.79 Å². The molecule has 0 aliphatic heterocycles. The zero-order valence-electron chi connectivity index (χ0n) is 8.19. The summed E-state index contributed by atoms with van der Waals surface area (Å²) in [5.74, 6) is 0.447. The van der Waals surface area contributed by atoms with E-state index in [1.165, 1.54) is 12.8 Å². The number of rotatable bonds is 8. The SMILES string of the molecule is C=C[Si]C(NCCC)NCCC. The Bertz CT molecular complexity index is 98.7. The van der Waals surface area contributed by atoms with Crippen molar-refractivity contribution in [3.63, 3.8) is 0 Å². The van der Waals surface area contributed by atoms with Gasteiger partial charge in [0.2, 0.25) is 0 Å². The van der Waals surface area contributed by atoms with Crippen LogP contribution in [0.1, 0.15) is 26.7 Å². The molecule has 3 heteroatoms. The Balaban J connectivity index is 3.46. The largest absolute Gasteiger partial charge is 0.305 e. The molecule has 0 aliphatic rings. The van der Waals surface area contributed by atoms with E-state index in [0.717, 1.165) is 22.6 Å². The monoisotopic (exact) mass is 184 g/mol. The van der Waals surface area contributed by atoms with Gasteiger partial charge in [0.05, 0.1) is 0 Å². The van der Waals surface area contributed by atoms with E-state index in [1.54, 1.807) is 0 Å². The second-order valence-electron chi connectivity index (χ2n) is 2.71. The maximum atomic E-state index is 3.75. The Morgan fingerprint density at radius 2 is 1.75 bits per heavy atom. The fourth-order valence-corrected chi connectivity index (χ4v) is 1.65. The Morgan fingerprint density at radius 3 is 2.08 bits per heavy atom. The van der Waals surface area contributed by atoms with Gasteiger partial charge in [-0.15, -0.1) is 12.3 Å². The Morgan fingerprint density at radius 1 is 1.25 bits per heavy atom. The normalized spacial score (nSPS) is 10.6. The third-order valence-electron chi connectivity index (χ3n) is 1.48. The van der Waals surface area contributed by atoms with Gasteiger partial charge in [-0.05, 0) is 25.9 Å². The van der Waals surface area contributed by atoms with E-state index in [9.17, 15) is 0 Å². The Labute approximate surface area is 78.6 Å². The minimum absolute atomic E-state index is 0.447. The van der Waals surface area contributed by atoms with E-state index >= 15 is 0 Å². The van der Waals surface area contributed by atoms with Crippen LogP contribution in [0.15, 0.2) is 12.3 Å². The van der Waals surface area contributed by atoms with E-state index in [-0.39, 0.29) is 0 Å². The summed E-state index contributed by atoms with van der Waals surface area (Å²) in [5.41, 5.74) is 1.98. The molecule has 0 bridgehead atoms. The molecule has 0 fully saturated rings. The van der Waals surface area contributed by atoms with Crippen LogP contribution < -0.4 is 10.6 Å². The van der Waals surface area contributed by atoms with Crippen molar-refractivity contribution < 1.29 is 0 Å². The molecular weight excluding hydrogens is 164 g/mol. The van der Waals surface area contributed by atoms with Gasteiger partial charge in [-0.2, -0.15) is 0 Å². The first kappa shape index (κ1) is 11.9. The topological polar surface area (TPSA) is 24.1 Å². The second-order valence-corrected chi connectivity index (χ2v) is 4.03. The third-order valence-corrected chi connectivity index (χ3v) is 2.46. The highest BCUT2D eigenvalue weighted by atomic mass is 28.2. The van der Waals surface area contributed by atoms with Crippen LogP contribution in [0.3, 0.4) is 0 Å². The maximum Gasteiger partial charge on any atom is 0.112 e. The first-order valence-corrected chi connectivity index (χ1v) is 5.84. The molecule has 70 valence electrons.